The zero-order valence-corrected chi connectivity index (χ0v) is 12.2. The zero-order valence-electron chi connectivity index (χ0n) is 12.2. The van der Waals surface area contributed by atoms with Gasteiger partial charge in [0.15, 0.2) is 0 Å². The van der Waals surface area contributed by atoms with Crippen LogP contribution in [0.3, 0.4) is 0 Å². The Hall–Kier alpha value is -2.02. The fraction of sp³-hybridized carbons (Fsp3) is 0.571. The average Bonchev–Trinajstić information content (AvgIpc) is 2.46. The largest absolute Gasteiger partial charge is 0.481 e. The molecule has 1 aromatic heterocycles. The summed E-state index contributed by atoms with van der Waals surface area (Å²) in [6, 6.07) is 1.73. The van der Waals surface area contributed by atoms with E-state index in [0.717, 1.165) is 0 Å². The molecule has 1 amide bonds. The normalized spacial score (nSPS) is 18.6. The SMILES string of the molecule is CCc1nnc(C)cc1C(=O)N1CCOC(CC(=O)O)C1. The van der Waals surface area contributed by atoms with E-state index in [0.29, 0.717) is 36.5 Å². The number of hydrogen-bond acceptors (Lipinski definition) is 5. The van der Waals surface area contributed by atoms with Crippen LogP contribution in [0.5, 0.6) is 0 Å². The third-order valence-electron chi connectivity index (χ3n) is 3.39. The third kappa shape index (κ3) is 3.75. The summed E-state index contributed by atoms with van der Waals surface area (Å²) in [6.07, 6.45) is 0.0659. The monoisotopic (exact) mass is 293 g/mol. The summed E-state index contributed by atoms with van der Waals surface area (Å²) in [4.78, 5) is 25.0. The van der Waals surface area contributed by atoms with Gasteiger partial charge in [-0.05, 0) is 19.4 Å². The Kier molecular flexibility index (Phi) is 4.85. The molecule has 0 spiro atoms. The van der Waals surface area contributed by atoms with Gasteiger partial charge in [-0.3, -0.25) is 9.59 Å². The number of carbonyl (C=O) groups excluding carboxylic acids is 1. The van der Waals surface area contributed by atoms with Crippen molar-refractivity contribution in [3.05, 3.63) is 23.0 Å². The highest BCUT2D eigenvalue weighted by atomic mass is 16.5. The van der Waals surface area contributed by atoms with Crippen LogP contribution in [-0.4, -0.2) is 57.9 Å². The van der Waals surface area contributed by atoms with Gasteiger partial charge in [0, 0.05) is 13.1 Å². The first-order chi connectivity index (χ1) is 10.0. The molecular formula is C14H19N3O4. The minimum Gasteiger partial charge on any atom is -0.481 e. The Labute approximate surface area is 122 Å². The Morgan fingerprint density at radius 3 is 2.90 bits per heavy atom. The lowest BCUT2D eigenvalue weighted by molar-refractivity contribution is -0.141. The minimum atomic E-state index is -0.926. The van der Waals surface area contributed by atoms with E-state index in [2.05, 4.69) is 10.2 Å². The summed E-state index contributed by atoms with van der Waals surface area (Å²) in [6.45, 7) is 4.80. The van der Waals surface area contributed by atoms with Gasteiger partial charge in [0.05, 0.1) is 36.1 Å². The summed E-state index contributed by atoms with van der Waals surface area (Å²) < 4.78 is 5.38. The van der Waals surface area contributed by atoms with Crippen molar-refractivity contribution in [2.24, 2.45) is 0 Å². The highest BCUT2D eigenvalue weighted by molar-refractivity contribution is 5.95. The predicted octanol–water partition coefficient (Wildman–Crippen LogP) is 0.663. The average molecular weight is 293 g/mol. The molecule has 1 atom stereocenters. The van der Waals surface area contributed by atoms with E-state index in [-0.39, 0.29) is 18.9 Å². The number of hydrogen-bond donors (Lipinski definition) is 1. The lowest BCUT2D eigenvalue weighted by Crippen LogP contribution is -2.46. The smallest absolute Gasteiger partial charge is 0.306 e. The number of aryl methyl sites for hydroxylation is 2. The molecule has 114 valence electrons. The summed E-state index contributed by atoms with van der Waals surface area (Å²) >= 11 is 0. The molecule has 1 aliphatic heterocycles. The Balaban J connectivity index is 2.15. The molecule has 0 radical (unpaired) electrons. The standard InChI is InChI=1S/C14H19N3O4/c1-3-12-11(6-9(2)15-16-12)14(20)17-4-5-21-10(8-17)7-13(18)19/h6,10H,3-5,7-8H2,1-2H3,(H,18,19). The molecule has 7 heteroatoms. The van der Waals surface area contributed by atoms with E-state index < -0.39 is 12.1 Å². The number of aromatic nitrogens is 2. The van der Waals surface area contributed by atoms with Crippen LogP contribution in [0.1, 0.15) is 35.1 Å². The van der Waals surface area contributed by atoms with E-state index >= 15 is 0 Å². The van der Waals surface area contributed by atoms with Gasteiger partial charge in [0.2, 0.25) is 0 Å². The molecule has 21 heavy (non-hydrogen) atoms. The quantitative estimate of drug-likeness (QED) is 0.876. The maximum Gasteiger partial charge on any atom is 0.306 e. The van der Waals surface area contributed by atoms with Crippen LogP contribution in [0.4, 0.5) is 0 Å². The van der Waals surface area contributed by atoms with Gasteiger partial charge >= 0.3 is 5.97 Å². The van der Waals surface area contributed by atoms with Crippen LogP contribution >= 0.6 is 0 Å². The highest BCUT2D eigenvalue weighted by Crippen LogP contribution is 2.15. The second kappa shape index (κ2) is 6.62. The molecule has 0 aromatic carbocycles. The van der Waals surface area contributed by atoms with Crippen LogP contribution in [0, 0.1) is 6.92 Å². The van der Waals surface area contributed by atoms with E-state index in [9.17, 15) is 9.59 Å². The number of carboxylic acids is 1. The van der Waals surface area contributed by atoms with Crippen molar-refractivity contribution >= 4 is 11.9 Å². The number of ether oxygens (including phenoxy) is 1. The van der Waals surface area contributed by atoms with E-state index in [1.54, 1.807) is 17.9 Å². The molecule has 2 rings (SSSR count). The molecule has 1 saturated heterocycles. The zero-order chi connectivity index (χ0) is 15.4. The molecule has 1 unspecified atom stereocenters. The lowest BCUT2D eigenvalue weighted by atomic mass is 10.1. The maximum atomic E-state index is 12.6. The van der Waals surface area contributed by atoms with Gasteiger partial charge < -0.3 is 14.7 Å². The third-order valence-corrected chi connectivity index (χ3v) is 3.39. The number of amides is 1. The predicted molar refractivity (Wildman–Crippen MR) is 74.0 cm³/mol. The molecule has 0 bridgehead atoms. The van der Waals surface area contributed by atoms with E-state index in [4.69, 9.17) is 9.84 Å². The fourth-order valence-corrected chi connectivity index (χ4v) is 2.35. The van der Waals surface area contributed by atoms with Crippen molar-refractivity contribution in [2.45, 2.75) is 32.8 Å². The first-order valence-electron chi connectivity index (χ1n) is 6.97. The van der Waals surface area contributed by atoms with Crippen LogP contribution in [0.25, 0.3) is 0 Å². The fourth-order valence-electron chi connectivity index (χ4n) is 2.35. The molecule has 1 fully saturated rings. The second-order valence-electron chi connectivity index (χ2n) is 5.04. The summed E-state index contributed by atoms with van der Waals surface area (Å²) in [5, 5.41) is 16.9. The molecular weight excluding hydrogens is 274 g/mol. The summed E-state index contributed by atoms with van der Waals surface area (Å²) in [7, 11) is 0. The number of carbonyl (C=O) groups is 2. The van der Waals surface area contributed by atoms with E-state index in [1.165, 1.54) is 0 Å². The van der Waals surface area contributed by atoms with Crippen molar-refractivity contribution < 1.29 is 19.4 Å². The Morgan fingerprint density at radius 1 is 1.48 bits per heavy atom. The van der Waals surface area contributed by atoms with Crippen LogP contribution in [-0.2, 0) is 16.0 Å². The van der Waals surface area contributed by atoms with Crippen molar-refractivity contribution in [3.8, 4) is 0 Å². The van der Waals surface area contributed by atoms with Gasteiger partial charge in [-0.15, -0.1) is 0 Å². The molecule has 2 heterocycles. The molecule has 1 aliphatic rings. The van der Waals surface area contributed by atoms with Crippen molar-refractivity contribution in [2.75, 3.05) is 19.7 Å². The maximum absolute atomic E-state index is 12.6. The van der Waals surface area contributed by atoms with Gasteiger partial charge in [0.25, 0.3) is 5.91 Å². The molecule has 0 saturated carbocycles. The molecule has 1 aromatic rings. The van der Waals surface area contributed by atoms with E-state index in [1.807, 2.05) is 6.92 Å². The van der Waals surface area contributed by atoms with Crippen LogP contribution < -0.4 is 0 Å². The van der Waals surface area contributed by atoms with Gasteiger partial charge in [-0.1, -0.05) is 6.92 Å². The van der Waals surface area contributed by atoms with Crippen LogP contribution in [0.15, 0.2) is 6.07 Å². The number of carboxylic acid groups (broad SMARTS) is 1. The minimum absolute atomic E-state index is 0.0992. The van der Waals surface area contributed by atoms with Crippen molar-refractivity contribution in [1.29, 1.82) is 0 Å². The lowest BCUT2D eigenvalue weighted by Gasteiger charge is -2.32. The number of rotatable bonds is 4. The number of nitrogens with zero attached hydrogens (tertiary/aromatic N) is 3. The van der Waals surface area contributed by atoms with Gasteiger partial charge in [0.1, 0.15) is 0 Å². The first-order valence-corrected chi connectivity index (χ1v) is 6.97. The first kappa shape index (κ1) is 15.4. The van der Waals surface area contributed by atoms with Gasteiger partial charge in [-0.2, -0.15) is 10.2 Å². The molecule has 0 aliphatic carbocycles. The number of aliphatic carboxylic acids is 1. The summed E-state index contributed by atoms with van der Waals surface area (Å²) in [5.74, 6) is -1.06. The second-order valence-corrected chi connectivity index (χ2v) is 5.04. The topological polar surface area (TPSA) is 92.6 Å². The van der Waals surface area contributed by atoms with Crippen LogP contribution in [0.2, 0.25) is 0 Å². The Morgan fingerprint density at radius 2 is 2.24 bits per heavy atom. The number of morpholine rings is 1. The summed E-state index contributed by atoms with van der Waals surface area (Å²) in [5.41, 5.74) is 1.89. The van der Waals surface area contributed by atoms with Gasteiger partial charge in [-0.25, -0.2) is 0 Å². The highest BCUT2D eigenvalue weighted by Gasteiger charge is 2.28. The molecule has 1 N–H and O–H groups in total. The van der Waals surface area contributed by atoms with Crippen molar-refractivity contribution in [3.63, 3.8) is 0 Å². The Bertz CT molecular complexity index is 547. The van der Waals surface area contributed by atoms with Crippen molar-refractivity contribution in [1.82, 2.24) is 15.1 Å². The molecule has 7 nitrogen and oxygen atoms in total.